The lowest BCUT2D eigenvalue weighted by atomic mass is 10.0. The zero-order chi connectivity index (χ0) is 14.6. The quantitative estimate of drug-likeness (QED) is 0.458. The van der Waals surface area contributed by atoms with E-state index in [2.05, 4.69) is 0 Å². The maximum atomic E-state index is 10.6. The van der Waals surface area contributed by atoms with Gasteiger partial charge in [-0.1, -0.05) is 52.8 Å². The summed E-state index contributed by atoms with van der Waals surface area (Å²) in [6, 6.07) is 1.17. The first-order valence-corrected chi connectivity index (χ1v) is 7.22. The fraction of sp³-hybridized carbons (Fsp3) is 0.417. The predicted octanol–water partition coefficient (Wildman–Crippen LogP) is 4.35. The lowest BCUT2D eigenvalue weighted by molar-refractivity contribution is -0.118. The number of carbonyl (C=O) groups excluding carboxylic acids is 1. The highest BCUT2D eigenvalue weighted by atomic mass is 35.5. The van der Waals surface area contributed by atoms with Gasteiger partial charge < -0.3 is 11.5 Å². The second-order valence-electron chi connectivity index (χ2n) is 4.20. The Morgan fingerprint density at radius 3 is 2.32 bits per heavy atom. The molecular weight excluding hydrogens is 330 g/mol. The molecule has 1 aromatic rings. The van der Waals surface area contributed by atoms with E-state index in [1.165, 1.54) is 6.07 Å². The molecule has 0 fully saturated rings. The third-order valence-corrected chi connectivity index (χ3v) is 4.30. The zero-order valence-electron chi connectivity index (χ0n) is 10.1. The van der Waals surface area contributed by atoms with Gasteiger partial charge in [0, 0.05) is 23.0 Å². The average molecular weight is 344 g/mol. The number of amides is 1. The summed E-state index contributed by atoms with van der Waals surface area (Å²) in [4.78, 5) is 10.6. The summed E-state index contributed by atoms with van der Waals surface area (Å²) in [5.41, 5.74) is 11.7. The molecule has 7 heteroatoms. The first-order valence-electron chi connectivity index (χ1n) is 5.71. The van der Waals surface area contributed by atoms with Crippen molar-refractivity contribution >= 4 is 52.3 Å². The van der Waals surface area contributed by atoms with Crippen LogP contribution in [0.15, 0.2) is 6.07 Å². The van der Waals surface area contributed by atoms with Crippen LogP contribution in [0.25, 0.3) is 0 Å². The highest BCUT2D eigenvalue weighted by molar-refractivity contribution is 6.49. The van der Waals surface area contributed by atoms with Crippen molar-refractivity contribution in [3.63, 3.8) is 0 Å². The van der Waals surface area contributed by atoms with Crippen molar-refractivity contribution in [3.05, 3.63) is 31.7 Å². The zero-order valence-corrected chi connectivity index (χ0v) is 13.1. The number of hydrogen-bond donors (Lipinski definition) is 2. The van der Waals surface area contributed by atoms with E-state index >= 15 is 0 Å². The van der Waals surface area contributed by atoms with Crippen LogP contribution in [0.5, 0.6) is 0 Å². The van der Waals surface area contributed by atoms with Gasteiger partial charge in [-0.05, 0) is 18.9 Å². The monoisotopic (exact) mass is 342 g/mol. The van der Waals surface area contributed by atoms with Crippen LogP contribution in [0.4, 0.5) is 0 Å². The number of nitrogens with two attached hydrogens (primary N) is 2. The molecule has 0 aliphatic carbocycles. The van der Waals surface area contributed by atoms with Gasteiger partial charge in [0.25, 0.3) is 0 Å². The summed E-state index contributed by atoms with van der Waals surface area (Å²) in [7, 11) is 0. The lowest BCUT2D eigenvalue weighted by Gasteiger charge is -2.17. The van der Waals surface area contributed by atoms with Crippen LogP contribution in [0.2, 0.25) is 20.1 Å². The fourth-order valence-electron chi connectivity index (χ4n) is 1.73. The molecule has 4 N–H and O–H groups in total. The fourth-order valence-corrected chi connectivity index (χ4v) is 2.93. The Morgan fingerprint density at radius 1 is 1.11 bits per heavy atom. The molecule has 1 rings (SSSR count). The number of rotatable bonds is 6. The van der Waals surface area contributed by atoms with Crippen molar-refractivity contribution in [3.8, 4) is 0 Å². The molecule has 0 saturated heterocycles. The molecule has 1 unspecified atom stereocenters. The van der Waals surface area contributed by atoms with Crippen LogP contribution in [0.1, 0.15) is 37.3 Å². The second kappa shape index (κ2) is 7.55. The van der Waals surface area contributed by atoms with Crippen molar-refractivity contribution in [1.29, 1.82) is 0 Å². The Balaban J connectivity index is 2.74. The number of primary amides is 1. The van der Waals surface area contributed by atoms with Crippen molar-refractivity contribution in [2.45, 2.75) is 31.7 Å². The van der Waals surface area contributed by atoms with Gasteiger partial charge in [-0.15, -0.1) is 0 Å². The summed E-state index contributed by atoms with van der Waals surface area (Å²) in [5.74, 6) is -0.320. The summed E-state index contributed by atoms with van der Waals surface area (Å²) in [6.45, 7) is 0. The van der Waals surface area contributed by atoms with Gasteiger partial charge in [0.05, 0.1) is 15.1 Å². The molecule has 0 radical (unpaired) electrons. The van der Waals surface area contributed by atoms with Crippen molar-refractivity contribution in [2.75, 3.05) is 0 Å². The number of hydrogen-bond acceptors (Lipinski definition) is 2. The summed E-state index contributed by atoms with van der Waals surface area (Å²) in [6.07, 6.45) is 2.40. The topological polar surface area (TPSA) is 69.1 Å². The maximum Gasteiger partial charge on any atom is 0.217 e. The van der Waals surface area contributed by atoms with E-state index in [1.54, 1.807) is 0 Å². The van der Waals surface area contributed by atoms with Gasteiger partial charge in [-0.2, -0.15) is 0 Å². The second-order valence-corrected chi connectivity index (χ2v) is 5.77. The SMILES string of the molecule is NC(=O)CCCCC(N)c1c(Cl)cc(Cl)c(Cl)c1Cl. The lowest BCUT2D eigenvalue weighted by Crippen LogP contribution is -2.13. The van der Waals surface area contributed by atoms with Crippen LogP contribution in [0.3, 0.4) is 0 Å². The molecule has 106 valence electrons. The molecule has 1 atom stereocenters. The molecule has 0 aromatic heterocycles. The van der Waals surface area contributed by atoms with Crippen LogP contribution in [0, 0.1) is 0 Å². The third kappa shape index (κ3) is 4.69. The number of benzene rings is 1. The van der Waals surface area contributed by atoms with E-state index in [1.807, 2.05) is 0 Å². The van der Waals surface area contributed by atoms with E-state index in [-0.39, 0.29) is 22.0 Å². The minimum Gasteiger partial charge on any atom is -0.370 e. The van der Waals surface area contributed by atoms with Crippen molar-refractivity contribution < 1.29 is 4.79 Å². The summed E-state index contributed by atoms with van der Waals surface area (Å²) in [5, 5.41) is 1.21. The molecule has 0 aliphatic heterocycles. The minimum atomic E-state index is -0.359. The number of unbranched alkanes of at least 4 members (excludes halogenated alkanes) is 1. The molecule has 1 aromatic carbocycles. The number of carbonyl (C=O) groups is 1. The third-order valence-electron chi connectivity index (χ3n) is 2.71. The van der Waals surface area contributed by atoms with Gasteiger partial charge in [-0.3, -0.25) is 4.79 Å². The van der Waals surface area contributed by atoms with Crippen molar-refractivity contribution in [1.82, 2.24) is 0 Å². The Hall–Kier alpha value is -0.190. The maximum absolute atomic E-state index is 10.6. The Bertz CT molecular complexity index is 479. The Labute approximate surface area is 132 Å². The highest BCUT2D eigenvalue weighted by Gasteiger charge is 2.19. The molecule has 3 nitrogen and oxygen atoms in total. The normalized spacial score (nSPS) is 12.5. The van der Waals surface area contributed by atoms with Gasteiger partial charge in [0.2, 0.25) is 5.91 Å². The highest BCUT2D eigenvalue weighted by Crippen LogP contribution is 2.40. The molecule has 0 saturated carbocycles. The predicted molar refractivity (Wildman–Crippen MR) is 81.1 cm³/mol. The molecule has 0 bridgehead atoms. The standard InChI is InChI=1S/C12H14Cl4N2O/c13-6-5-7(14)11(15)12(16)10(6)8(17)3-1-2-4-9(18)19/h5,8H,1-4,17H2,(H2,18,19). The Kier molecular flexibility index (Phi) is 6.71. The first kappa shape index (κ1) is 16.9. The van der Waals surface area contributed by atoms with E-state index < -0.39 is 0 Å². The first-order chi connectivity index (χ1) is 8.84. The van der Waals surface area contributed by atoms with Crippen LogP contribution >= 0.6 is 46.4 Å². The van der Waals surface area contributed by atoms with E-state index in [4.69, 9.17) is 57.9 Å². The smallest absolute Gasteiger partial charge is 0.217 e. The van der Waals surface area contributed by atoms with Crippen LogP contribution in [-0.2, 0) is 4.79 Å². The van der Waals surface area contributed by atoms with Gasteiger partial charge in [0.1, 0.15) is 0 Å². The van der Waals surface area contributed by atoms with E-state index in [0.717, 1.165) is 6.42 Å². The van der Waals surface area contributed by atoms with Gasteiger partial charge >= 0.3 is 0 Å². The molecular formula is C12H14Cl4N2O. The van der Waals surface area contributed by atoms with Crippen molar-refractivity contribution in [2.24, 2.45) is 11.5 Å². The molecule has 0 spiro atoms. The minimum absolute atomic E-state index is 0.246. The van der Waals surface area contributed by atoms with Crippen LogP contribution < -0.4 is 11.5 Å². The van der Waals surface area contributed by atoms with Crippen LogP contribution in [-0.4, -0.2) is 5.91 Å². The average Bonchev–Trinajstić information content (AvgIpc) is 2.31. The molecule has 1 amide bonds. The largest absolute Gasteiger partial charge is 0.370 e. The van der Waals surface area contributed by atoms with Gasteiger partial charge in [0.15, 0.2) is 0 Å². The number of halogens is 4. The van der Waals surface area contributed by atoms with Gasteiger partial charge in [-0.25, -0.2) is 0 Å². The van der Waals surface area contributed by atoms with E-state index in [9.17, 15) is 4.79 Å². The molecule has 19 heavy (non-hydrogen) atoms. The molecule has 0 aliphatic rings. The van der Waals surface area contributed by atoms with E-state index in [0.29, 0.717) is 34.9 Å². The molecule has 0 heterocycles. The summed E-state index contributed by atoms with van der Waals surface area (Å²) >= 11 is 24.0. The Morgan fingerprint density at radius 2 is 1.74 bits per heavy atom. The summed E-state index contributed by atoms with van der Waals surface area (Å²) < 4.78 is 0.